The molecule has 34 heavy (non-hydrogen) atoms. The number of carbonyl (C=O) groups excluding carboxylic acids is 2. The molecule has 0 saturated heterocycles. The van der Waals surface area contributed by atoms with E-state index in [1.807, 2.05) is 0 Å². The fourth-order valence-electron chi connectivity index (χ4n) is 3.42. The van der Waals surface area contributed by atoms with Gasteiger partial charge in [0.05, 0.1) is 0 Å². The molecule has 18 heteroatoms. The number of esters is 2. The molecule has 0 radical (unpaired) electrons. The second-order valence-electron chi connectivity index (χ2n) is 7.96. The second-order valence-corrected chi connectivity index (χ2v) is 7.96. The molecule has 14 atom stereocenters. The maximum absolute atomic E-state index is 12.1. The van der Waals surface area contributed by atoms with Crippen LogP contribution in [0.3, 0.4) is 0 Å². The Balaban J connectivity index is 2.16. The van der Waals surface area contributed by atoms with E-state index in [1.165, 1.54) is 0 Å². The highest BCUT2D eigenvalue weighted by Gasteiger charge is 2.63. The van der Waals surface area contributed by atoms with Crippen LogP contribution in [0, 0.1) is 0 Å². The summed E-state index contributed by atoms with van der Waals surface area (Å²) >= 11 is 0. The van der Waals surface area contributed by atoms with Gasteiger partial charge in [0.1, 0.15) is 36.6 Å². The Labute approximate surface area is 188 Å². The standard InChI is InChI=1S/C16H26O18/c17-1-3(19)9(25)15(31,10(26)4(1)20)33-13(29)7(23)8(24)14(30)34-16(32)11(27)5(21)2(18)6(22)12(16)28/h1-12,17-28,31-32H/t1?,2?,3-,4+,5-,6+,7?,8?,9-,10-,11-,12-,15?,16?/m1/s1. The molecule has 0 aromatic heterocycles. The fourth-order valence-corrected chi connectivity index (χ4v) is 3.42. The lowest BCUT2D eigenvalue weighted by Gasteiger charge is -2.47. The molecule has 2 fully saturated rings. The van der Waals surface area contributed by atoms with Crippen molar-refractivity contribution in [1.29, 1.82) is 0 Å². The fraction of sp³-hybridized carbons (Fsp3) is 0.875. The quantitative estimate of drug-likeness (QED) is 0.121. The normalized spacial score (nSPS) is 49.1. The maximum atomic E-state index is 12.1. The van der Waals surface area contributed by atoms with Gasteiger partial charge in [-0.3, -0.25) is 0 Å². The molecule has 0 amide bonds. The number of hydrogen-bond donors (Lipinski definition) is 14. The molecule has 14 N–H and O–H groups in total. The summed E-state index contributed by atoms with van der Waals surface area (Å²) in [5.41, 5.74) is 0. The van der Waals surface area contributed by atoms with Crippen molar-refractivity contribution in [1.82, 2.24) is 0 Å². The minimum Gasteiger partial charge on any atom is -0.425 e. The van der Waals surface area contributed by atoms with Crippen LogP contribution >= 0.6 is 0 Å². The summed E-state index contributed by atoms with van der Waals surface area (Å²) in [7, 11) is 0. The van der Waals surface area contributed by atoms with Crippen LogP contribution in [0.2, 0.25) is 0 Å². The van der Waals surface area contributed by atoms with E-state index in [9.17, 15) is 81.1 Å². The summed E-state index contributed by atoms with van der Waals surface area (Å²) in [4.78, 5) is 24.1. The van der Waals surface area contributed by atoms with Gasteiger partial charge in [0.15, 0.2) is 36.6 Å². The minimum atomic E-state index is -3.59. The predicted molar refractivity (Wildman–Crippen MR) is 94.2 cm³/mol. The second kappa shape index (κ2) is 9.79. The average Bonchev–Trinajstić information content (AvgIpc) is 2.80. The number of hydrogen-bond acceptors (Lipinski definition) is 18. The Morgan fingerprint density at radius 2 is 0.706 bits per heavy atom. The highest BCUT2D eigenvalue weighted by Crippen LogP contribution is 2.33. The molecule has 2 saturated carbocycles. The molecule has 0 aromatic carbocycles. The average molecular weight is 506 g/mol. The van der Waals surface area contributed by atoms with E-state index in [2.05, 4.69) is 9.47 Å². The first kappa shape index (κ1) is 28.6. The van der Waals surface area contributed by atoms with Crippen LogP contribution in [0.5, 0.6) is 0 Å². The van der Waals surface area contributed by atoms with Crippen LogP contribution in [0.4, 0.5) is 0 Å². The number of aliphatic hydroxyl groups is 14. The Bertz CT molecular complexity index is 666. The Hall–Kier alpha value is -1.62. The van der Waals surface area contributed by atoms with Gasteiger partial charge in [-0.25, -0.2) is 9.59 Å². The van der Waals surface area contributed by atoms with Gasteiger partial charge >= 0.3 is 11.9 Å². The van der Waals surface area contributed by atoms with Crippen molar-refractivity contribution in [2.24, 2.45) is 0 Å². The van der Waals surface area contributed by atoms with Gasteiger partial charge in [-0.2, -0.15) is 0 Å². The number of aliphatic hydroxyl groups excluding tert-OH is 12. The van der Waals surface area contributed by atoms with E-state index in [0.717, 1.165) is 0 Å². The van der Waals surface area contributed by atoms with Crippen LogP contribution in [0.1, 0.15) is 0 Å². The van der Waals surface area contributed by atoms with Crippen molar-refractivity contribution in [2.45, 2.75) is 84.8 Å². The molecule has 2 rings (SSSR count). The Morgan fingerprint density at radius 1 is 0.500 bits per heavy atom. The molecule has 18 nitrogen and oxygen atoms in total. The third kappa shape index (κ3) is 4.50. The lowest BCUT2D eigenvalue weighted by Crippen LogP contribution is -2.73. The minimum absolute atomic E-state index is 2.20. The zero-order chi connectivity index (χ0) is 26.5. The molecule has 0 aliphatic heterocycles. The van der Waals surface area contributed by atoms with Crippen LogP contribution < -0.4 is 0 Å². The molecular weight excluding hydrogens is 480 g/mol. The smallest absolute Gasteiger partial charge is 0.341 e. The van der Waals surface area contributed by atoms with Gasteiger partial charge < -0.3 is 81.0 Å². The lowest BCUT2D eigenvalue weighted by molar-refractivity contribution is -0.353. The summed E-state index contributed by atoms with van der Waals surface area (Å²) in [5.74, 6) is -11.6. The summed E-state index contributed by atoms with van der Waals surface area (Å²) in [6.07, 6.45) is -30.8. The summed E-state index contributed by atoms with van der Waals surface area (Å²) < 4.78 is 8.45. The van der Waals surface area contributed by atoms with Crippen molar-refractivity contribution in [2.75, 3.05) is 0 Å². The third-order valence-electron chi connectivity index (χ3n) is 5.70. The van der Waals surface area contributed by atoms with Gasteiger partial charge in [0, 0.05) is 0 Å². The van der Waals surface area contributed by atoms with E-state index in [4.69, 9.17) is 0 Å². The summed E-state index contributed by atoms with van der Waals surface area (Å²) in [6.45, 7) is 0. The van der Waals surface area contributed by atoms with E-state index in [0.29, 0.717) is 0 Å². The first-order chi connectivity index (χ1) is 15.4. The first-order valence-electron chi connectivity index (χ1n) is 9.50. The van der Waals surface area contributed by atoms with Crippen molar-refractivity contribution < 1.29 is 90.6 Å². The topological polar surface area (TPSA) is 336 Å². The Morgan fingerprint density at radius 3 is 0.912 bits per heavy atom. The molecule has 0 spiro atoms. The zero-order valence-corrected chi connectivity index (χ0v) is 16.8. The monoisotopic (exact) mass is 506 g/mol. The Kier molecular flexibility index (Phi) is 8.24. The summed E-state index contributed by atoms with van der Waals surface area (Å²) in [6, 6.07) is 0. The highest BCUT2D eigenvalue weighted by atomic mass is 16.7. The molecule has 0 bridgehead atoms. The van der Waals surface area contributed by atoms with Gasteiger partial charge in [-0.1, -0.05) is 0 Å². The van der Waals surface area contributed by atoms with Gasteiger partial charge in [0.25, 0.3) is 11.6 Å². The van der Waals surface area contributed by atoms with Crippen molar-refractivity contribution >= 4 is 11.9 Å². The van der Waals surface area contributed by atoms with Crippen molar-refractivity contribution in [3.63, 3.8) is 0 Å². The third-order valence-corrected chi connectivity index (χ3v) is 5.70. The van der Waals surface area contributed by atoms with Crippen LogP contribution in [-0.2, 0) is 19.1 Å². The van der Waals surface area contributed by atoms with Crippen LogP contribution in [-0.4, -0.2) is 168 Å². The van der Waals surface area contributed by atoms with E-state index in [-0.39, 0.29) is 0 Å². The van der Waals surface area contributed by atoms with Crippen molar-refractivity contribution in [3.05, 3.63) is 0 Å². The number of ether oxygens (including phenoxy) is 2. The molecule has 198 valence electrons. The molecule has 0 heterocycles. The first-order valence-corrected chi connectivity index (χ1v) is 9.50. The van der Waals surface area contributed by atoms with E-state index < -0.39 is 96.8 Å². The SMILES string of the molecule is O=C(OC1(O)[C@H](O)[C@H](O)C(O)[C@H](O)[C@H]1O)C(O)C(O)C(=O)OC1(O)[C@H](O)[C@H](O)C(O)[C@H](O)[C@H]1O. The predicted octanol–water partition coefficient (Wildman–Crippen LogP) is -10.2. The highest BCUT2D eigenvalue weighted by molar-refractivity contribution is 5.85. The molecule has 0 aromatic rings. The largest absolute Gasteiger partial charge is 0.425 e. The molecule has 2 aliphatic rings. The summed E-state index contributed by atoms with van der Waals surface area (Å²) in [5, 5.41) is 137. The molecule has 2 aliphatic carbocycles. The van der Waals surface area contributed by atoms with E-state index in [1.54, 1.807) is 0 Å². The van der Waals surface area contributed by atoms with Crippen LogP contribution in [0.15, 0.2) is 0 Å². The van der Waals surface area contributed by atoms with Gasteiger partial charge in [-0.15, -0.1) is 0 Å². The van der Waals surface area contributed by atoms with Gasteiger partial charge in [-0.05, 0) is 0 Å². The van der Waals surface area contributed by atoms with E-state index >= 15 is 0 Å². The molecule has 6 unspecified atom stereocenters. The maximum Gasteiger partial charge on any atom is 0.341 e. The number of rotatable bonds is 5. The van der Waals surface area contributed by atoms with Gasteiger partial charge in [0.2, 0.25) is 0 Å². The lowest BCUT2D eigenvalue weighted by atomic mass is 9.82. The molecular formula is C16H26O18. The number of carbonyl (C=O) groups is 2. The zero-order valence-electron chi connectivity index (χ0n) is 16.8. The van der Waals surface area contributed by atoms with Crippen LogP contribution in [0.25, 0.3) is 0 Å². The van der Waals surface area contributed by atoms with Crippen molar-refractivity contribution in [3.8, 4) is 0 Å².